The van der Waals surface area contributed by atoms with Gasteiger partial charge in [-0.25, -0.2) is 0 Å². The van der Waals surface area contributed by atoms with Crippen molar-refractivity contribution in [2.75, 3.05) is 13.2 Å². The lowest BCUT2D eigenvalue weighted by Crippen LogP contribution is -2.11. The van der Waals surface area contributed by atoms with Crippen molar-refractivity contribution in [2.45, 2.75) is 66.4 Å². The summed E-state index contributed by atoms with van der Waals surface area (Å²) in [6.07, 6.45) is 5.58. The Hall–Kier alpha value is -3.01. The topological polar surface area (TPSA) is 40.6 Å². The summed E-state index contributed by atoms with van der Waals surface area (Å²) in [6, 6.07) is 16.4. The van der Waals surface area contributed by atoms with Gasteiger partial charge in [-0.2, -0.15) is 0 Å². The van der Waals surface area contributed by atoms with Crippen molar-refractivity contribution in [3.8, 4) is 28.5 Å². The molecule has 0 radical (unpaired) electrons. The maximum atomic E-state index is 6.45. The zero-order chi connectivity index (χ0) is 23.6. The molecule has 0 saturated heterocycles. The van der Waals surface area contributed by atoms with E-state index in [-0.39, 0.29) is 6.10 Å². The van der Waals surface area contributed by atoms with Crippen LogP contribution in [0.4, 0.5) is 0 Å². The van der Waals surface area contributed by atoms with Gasteiger partial charge in [0.15, 0.2) is 0 Å². The summed E-state index contributed by atoms with van der Waals surface area (Å²) in [5.41, 5.74) is 5.80. The third-order valence-electron chi connectivity index (χ3n) is 5.74. The molecule has 0 aliphatic carbocycles. The minimum atomic E-state index is -0.151. The van der Waals surface area contributed by atoms with Gasteiger partial charge in [0, 0.05) is 23.9 Å². The predicted octanol–water partition coefficient (Wildman–Crippen LogP) is 7.59. The summed E-state index contributed by atoms with van der Waals surface area (Å²) in [6.45, 7) is 11.8. The molecule has 1 unspecified atom stereocenters. The summed E-state index contributed by atoms with van der Waals surface area (Å²) in [5.74, 6) is 2.44. The first-order valence-corrected chi connectivity index (χ1v) is 12.3. The molecule has 4 nitrogen and oxygen atoms in total. The molecule has 0 bridgehead atoms. The van der Waals surface area contributed by atoms with E-state index in [2.05, 4.69) is 45.0 Å². The van der Waals surface area contributed by atoms with Crippen LogP contribution in [0.25, 0.3) is 11.3 Å². The molecule has 3 aromatic rings. The molecule has 1 heterocycles. The minimum Gasteiger partial charge on any atom is -0.494 e. The Morgan fingerprint density at radius 1 is 0.788 bits per heavy atom. The number of hydrogen-bond acceptors (Lipinski definition) is 4. The molecule has 0 fully saturated rings. The fraction of sp³-hybridized carbons (Fsp3) is 0.414. The third-order valence-corrected chi connectivity index (χ3v) is 5.74. The average molecular weight is 448 g/mol. The zero-order valence-corrected chi connectivity index (χ0v) is 20.7. The number of rotatable bonds is 12. The minimum absolute atomic E-state index is 0.151. The van der Waals surface area contributed by atoms with E-state index in [1.165, 1.54) is 16.7 Å². The van der Waals surface area contributed by atoms with Crippen molar-refractivity contribution < 1.29 is 14.2 Å². The van der Waals surface area contributed by atoms with Crippen molar-refractivity contribution in [1.29, 1.82) is 0 Å². The van der Waals surface area contributed by atoms with Gasteiger partial charge in [-0.3, -0.25) is 4.98 Å². The van der Waals surface area contributed by atoms with E-state index in [1.54, 1.807) is 0 Å². The Balaban J connectivity index is 2.02. The molecule has 0 spiro atoms. The highest BCUT2D eigenvalue weighted by atomic mass is 16.5. The molecule has 3 rings (SSSR count). The molecule has 2 aromatic carbocycles. The molecule has 0 aliphatic heterocycles. The maximum Gasteiger partial charge on any atom is 0.129 e. The van der Waals surface area contributed by atoms with Crippen LogP contribution in [-0.4, -0.2) is 18.2 Å². The molecular weight excluding hydrogens is 410 g/mol. The molecule has 0 N–H and O–H groups in total. The second-order valence-electron chi connectivity index (χ2n) is 8.00. The van der Waals surface area contributed by atoms with E-state index >= 15 is 0 Å². The van der Waals surface area contributed by atoms with Crippen LogP contribution in [0, 0.1) is 0 Å². The molecule has 0 saturated carbocycles. The highest BCUT2D eigenvalue weighted by Gasteiger charge is 2.21. The van der Waals surface area contributed by atoms with Gasteiger partial charge in [0.2, 0.25) is 0 Å². The zero-order valence-electron chi connectivity index (χ0n) is 20.7. The van der Waals surface area contributed by atoms with Crippen molar-refractivity contribution >= 4 is 0 Å². The lowest BCUT2D eigenvalue weighted by atomic mass is 9.94. The van der Waals surface area contributed by atoms with Crippen LogP contribution in [0.1, 0.15) is 70.3 Å². The smallest absolute Gasteiger partial charge is 0.129 e. The first kappa shape index (κ1) is 24.6. The summed E-state index contributed by atoms with van der Waals surface area (Å²) in [4.78, 5) is 4.92. The molecule has 33 heavy (non-hydrogen) atoms. The number of benzene rings is 2. The predicted molar refractivity (Wildman–Crippen MR) is 135 cm³/mol. The van der Waals surface area contributed by atoms with Gasteiger partial charge >= 0.3 is 0 Å². The summed E-state index contributed by atoms with van der Waals surface area (Å²) in [7, 11) is 0. The van der Waals surface area contributed by atoms with Crippen molar-refractivity contribution in [1.82, 2.24) is 4.98 Å². The van der Waals surface area contributed by atoms with Crippen LogP contribution in [0.3, 0.4) is 0 Å². The first-order chi connectivity index (χ1) is 16.1. The summed E-state index contributed by atoms with van der Waals surface area (Å²) < 4.78 is 18.2. The van der Waals surface area contributed by atoms with Gasteiger partial charge in [0.05, 0.1) is 24.5 Å². The van der Waals surface area contributed by atoms with E-state index in [9.17, 15) is 0 Å². The highest BCUT2D eigenvalue weighted by Crippen LogP contribution is 2.37. The van der Waals surface area contributed by atoms with E-state index in [0.717, 1.165) is 54.2 Å². The fourth-order valence-corrected chi connectivity index (χ4v) is 4.19. The molecule has 0 aliphatic rings. The van der Waals surface area contributed by atoms with Gasteiger partial charge in [-0.05, 0) is 56.4 Å². The lowest BCUT2D eigenvalue weighted by Gasteiger charge is -2.23. The number of ether oxygens (including phenoxy) is 3. The van der Waals surface area contributed by atoms with Gasteiger partial charge in [-0.1, -0.05) is 51.5 Å². The summed E-state index contributed by atoms with van der Waals surface area (Å²) >= 11 is 0. The lowest BCUT2D eigenvalue weighted by molar-refractivity contribution is 0.185. The Morgan fingerprint density at radius 2 is 1.45 bits per heavy atom. The van der Waals surface area contributed by atoms with Gasteiger partial charge in [0.25, 0.3) is 0 Å². The number of nitrogens with zero attached hydrogens (tertiary/aromatic N) is 1. The summed E-state index contributed by atoms with van der Waals surface area (Å²) in [5, 5.41) is 0. The van der Waals surface area contributed by atoms with Gasteiger partial charge < -0.3 is 14.2 Å². The van der Waals surface area contributed by atoms with Gasteiger partial charge in [-0.15, -0.1) is 0 Å². The SMILES string of the molecule is CCCC(Oc1cccc(OCC)c1)c1cnc(-c2c(CC)cccc2CC)cc1OCC. The average Bonchev–Trinajstić information content (AvgIpc) is 2.84. The maximum absolute atomic E-state index is 6.45. The van der Waals surface area contributed by atoms with Crippen molar-refractivity contribution in [2.24, 2.45) is 0 Å². The van der Waals surface area contributed by atoms with Crippen molar-refractivity contribution in [3.63, 3.8) is 0 Å². The van der Waals surface area contributed by atoms with Crippen molar-refractivity contribution in [3.05, 3.63) is 71.4 Å². The molecule has 4 heteroatoms. The Labute approximate surface area is 198 Å². The Morgan fingerprint density at radius 3 is 2.09 bits per heavy atom. The van der Waals surface area contributed by atoms with E-state index in [0.29, 0.717) is 13.2 Å². The van der Waals surface area contributed by atoms with Crippen LogP contribution in [-0.2, 0) is 12.8 Å². The van der Waals surface area contributed by atoms with E-state index in [4.69, 9.17) is 19.2 Å². The van der Waals surface area contributed by atoms with Crippen LogP contribution in [0.15, 0.2) is 54.7 Å². The van der Waals surface area contributed by atoms with Crippen LogP contribution < -0.4 is 14.2 Å². The monoisotopic (exact) mass is 447 g/mol. The second-order valence-corrected chi connectivity index (χ2v) is 8.00. The number of hydrogen-bond donors (Lipinski definition) is 0. The Bertz CT molecular complexity index is 1010. The number of aromatic nitrogens is 1. The van der Waals surface area contributed by atoms with Crippen LogP contribution in [0.2, 0.25) is 0 Å². The third kappa shape index (κ3) is 6.07. The quantitative estimate of drug-likeness (QED) is 0.287. The first-order valence-electron chi connectivity index (χ1n) is 12.3. The van der Waals surface area contributed by atoms with Crippen LogP contribution >= 0.6 is 0 Å². The number of aryl methyl sites for hydroxylation is 2. The highest BCUT2D eigenvalue weighted by molar-refractivity contribution is 5.69. The van der Waals surface area contributed by atoms with Crippen LogP contribution in [0.5, 0.6) is 17.2 Å². The molecule has 1 aromatic heterocycles. The van der Waals surface area contributed by atoms with E-state index < -0.39 is 0 Å². The Kier molecular flexibility index (Phi) is 9.17. The molecular formula is C29H37NO3. The largest absolute Gasteiger partial charge is 0.494 e. The van der Waals surface area contributed by atoms with Gasteiger partial charge in [0.1, 0.15) is 23.4 Å². The normalized spacial score (nSPS) is 11.8. The molecule has 0 amide bonds. The molecule has 1 atom stereocenters. The molecule has 176 valence electrons. The van der Waals surface area contributed by atoms with E-state index in [1.807, 2.05) is 44.3 Å². The second kappa shape index (κ2) is 12.3. The number of pyridine rings is 1. The standard InChI is InChI=1S/C29H37NO3/c1-6-13-27(33-24-17-12-16-23(18-24)31-9-4)25-20-30-26(19-28(25)32-10-5)29-21(7-2)14-11-15-22(29)8-3/h11-12,14-20,27H,6-10,13H2,1-5H3. The fourth-order valence-electron chi connectivity index (χ4n) is 4.19.